The summed E-state index contributed by atoms with van der Waals surface area (Å²) in [7, 11) is 0. The van der Waals surface area contributed by atoms with E-state index in [1.54, 1.807) is 18.1 Å². The van der Waals surface area contributed by atoms with E-state index in [0.717, 1.165) is 65.1 Å². The van der Waals surface area contributed by atoms with E-state index in [9.17, 15) is 0 Å². The number of nitrogens with two attached hydrogens (primary N) is 1. The van der Waals surface area contributed by atoms with Crippen LogP contribution < -0.4 is 11.1 Å². The lowest BCUT2D eigenvalue weighted by molar-refractivity contribution is 0.371. The molecule has 2 aliphatic rings. The van der Waals surface area contributed by atoms with Gasteiger partial charge in [0.05, 0.1) is 10.6 Å². The SMILES string of the molecule is Br.CCCCNc1ncnc2c1N=C1CC(C)(C)CC(N)=C1S2. The van der Waals surface area contributed by atoms with E-state index in [4.69, 9.17) is 10.7 Å². The molecule has 1 aliphatic carbocycles. The second-order valence-electron chi connectivity index (χ2n) is 6.69. The Labute approximate surface area is 152 Å². The first-order valence-corrected chi connectivity index (χ1v) is 8.65. The van der Waals surface area contributed by atoms with Crippen LogP contribution in [0.1, 0.15) is 46.5 Å². The summed E-state index contributed by atoms with van der Waals surface area (Å²) in [6, 6.07) is 0. The van der Waals surface area contributed by atoms with E-state index >= 15 is 0 Å². The highest BCUT2D eigenvalue weighted by atomic mass is 79.9. The molecule has 0 amide bonds. The predicted octanol–water partition coefficient (Wildman–Crippen LogP) is 4.44. The predicted molar refractivity (Wildman–Crippen MR) is 103 cm³/mol. The van der Waals surface area contributed by atoms with Crippen molar-refractivity contribution < 1.29 is 0 Å². The summed E-state index contributed by atoms with van der Waals surface area (Å²) in [4.78, 5) is 14.7. The lowest BCUT2D eigenvalue weighted by atomic mass is 9.78. The molecule has 3 rings (SSSR count). The third-order valence-electron chi connectivity index (χ3n) is 3.93. The van der Waals surface area contributed by atoms with Gasteiger partial charge in [-0.1, -0.05) is 39.0 Å². The first-order chi connectivity index (χ1) is 10.5. The fraction of sp³-hybridized carbons (Fsp3) is 0.562. The largest absolute Gasteiger partial charge is 0.401 e. The van der Waals surface area contributed by atoms with Crippen molar-refractivity contribution in [1.29, 1.82) is 0 Å². The molecule has 0 fully saturated rings. The van der Waals surface area contributed by atoms with Gasteiger partial charge >= 0.3 is 0 Å². The fourth-order valence-corrected chi connectivity index (χ4v) is 3.85. The molecule has 0 saturated heterocycles. The van der Waals surface area contributed by atoms with Gasteiger partial charge in [0.15, 0.2) is 5.82 Å². The lowest BCUT2D eigenvalue weighted by Crippen LogP contribution is -2.28. The van der Waals surface area contributed by atoms with E-state index < -0.39 is 0 Å². The summed E-state index contributed by atoms with van der Waals surface area (Å²) in [5.41, 5.74) is 9.33. The second kappa shape index (κ2) is 7.21. The number of hydrogen-bond acceptors (Lipinski definition) is 6. The Morgan fingerprint density at radius 1 is 1.30 bits per heavy atom. The molecule has 0 aromatic carbocycles. The minimum atomic E-state index is 0. The topological polar surface area (TPSA) is 76.2 Å². The zero-order chi connectivity index (χ0) is 15.7. The smallest absolute Gasteiger partial charge is 0.156 e. The van der Waals surface area contributed by atoms with Crippen LogP contribution in [0.4, 0.5) is 11.5 Å². The Hall–Kier alpha value is -1.08. The minimum absolute atomic E-state index is 0. The number of nitrogens with one attached hydrogen (secondary N) is 1. The number of halogens is 1. The number of aliphatic imine (C=N–C) groups is 1. The molecule has 5 nitrogen and oxygen atoms in total. The maximum absolute atomic E-state index is 6.28. The molecule has 0 unspecified atom stereocenters. The third kappa shape index (κ3) is 3.88. The van der Waals surface area contributed by atoms with Gasteiger partial charge in [-0.15, -0.1) is 17.0 Å². The van der Waals surface area contributed by atoms with Crippen LogP contribution in [0.3, 0.4) is 0 Å². The molecule has 1 aromatic rings. The number of unbranched alkanes of at least 4 members (excludes halogenated alkanes) is 1. The van der Waals surface area contributed by atoms with E-state index in [0.29, 0.717) is 0 Å². The molecule has 0 radical (unpaired) electrons. The average molecular weight is 398 g/mol. The molecule has 0 atom stereocenters. The van der Waals surface area contributed by atoms with Crippen molar-refractivity contribution in [2.75, 3.05) is 11.9 Å². The number of rotatable bonds is 4. The fourth-order valence-electron chi connectivity index (χ4n) is 2.87. The molecule has 1 aromatic heterocycles. The van der Waals surface area contributed by atoms with Crippen molar-refractivity contribution in [3.8, 4) is 0 Å². The number of thioether (sulfide) groups is 1. The van der Waals surface area contributed by atoms with E-state index in [1.807, 2.05) is 0 Å². The van der Waals surface area contributed by atoms with Crippen LogP contribution in [0.25, 0.3) is 0 Å². The molecule has 7 heteroatoms. The van der Waals surface area contributed by atoms with Gasteiger partial charge in [0, 0.05) is 12.2 Å². The van der Waals surface area contributed by atoms with Gasteiger partial charge in [-0.05, 0) is 24.7 Å². The van der Waals surface area contributed by atoms with Crippen LogP contribution in [0.15, 0.2) is 26.9 Å². The van der Waals surface area contributed by atoms with Crippen molar-refractivity contribution in [2.24, 2.45) is 16.1 Å². The lowest BCUT2D eigenvalue weighted by Gasteiger charge is -2.34. The molecular weight excluding hydrogens is 374 g/mol. The van der Waals surface area contributed by atoms with Crippen LogP contribution >= 0.6 is 28.7 Å². The summed E-state index contributed by atoms with van der Waals surface area (Å²) in [5.74, 6) is 0.833. The van der Waals surface area contributed by atoms with Gasteiger partial charge in [0.25, 0.3) is 0 Å². The van der Waals surface area contributed by atoms with Gasteiger partial charge in [-0.25, -0.2) is 15.0 Å². The summed E-state index contributed by atoms with van der Waals surface area (Å²) in [6.07, 6.45) is 5.73. The molecule has 0 saturated carbocycles. The molecule has 1 aliphatic heterocycles. The Kier molecular flexibility index (Phi) is 5.73. The highest BCUT2D eigenvalue weighted by molar-refractivity contribution is 8.93. The first kappa shape index (κ1) is 18.3. The van der Waals surface area contributed by atoms with E-state index in [2.05, 4.69) is 36.1 Å². The van der Waals surface area contributed by atoms with Crippen LogP contribution in [-0.2, 0) is 0 Å². The van der Waals surface area contributed by atoms with Crippen molar-refractivity contribution in [3.63, 3.8) is 0 Å². The van der Waals surface area contributed by atoms with Gasteiger partial charge in [-0.3, -0.25) is 0 Å². The first-order valence-electron chi connectivity index (χ1n) is 7.83. The number of anilines is 1. The molecule has 0 spiro atoms. The molecule has 126 valence electrons. The highest BCUT2D eigenvalue weighted by Crippen LogP contribution is 2.48. The maximum atomic E-state index is 6.28. The number of allylic oxidation sites excluding steroid dienone is 2. The molecular formula is C16H24BrN5S. The van der Waals surface area contributed by atoms with E-state index in [1.165, 1.54) is 0 Å². The van der Waals surface area contributed by atoms with Crippen molar-refractivity contribution in [2.45, 2.75) is 51.5 Å². The van der Waals surface area contributed by atoms with Gasteiger partial charge in [-0.2, -0.15) is 0 Å². The molecule has 2 heterocycles. The summed E-state index contributed by atoms with van der Waals surface area (Å²) < 4.78 is 0. The zero-order valence-electron chi connectivity index (χ0n) is 13.8. The Morgan fingerprint density at radius 3 is 2.83 bits per heavy atom. The van der Waals surface area contributed by atoms with Crippen molar-refractivity contribution >= 4 is 46.0 Å². The number of nitrogens with zero attached hydrogens (tertiary/aromatic N) is 3. The monoisotopic (exact) mass is 397 g/mol. The van der Waals surface area contributed by atoms with Crippen LogP contribution in [0.5, 0.6) is 0 Å². The number of hydrogen-bond donors (Lipinski definition) is 2. The Balaban J connectivity index is 0.00000192. The van der Waals surface area contributed by atoms with Crippen LogP contribution in [-0.4, -0.2) is 22.2 Å². The molecule has 3 N–H and O–H groups in total. The van der Waals surface area contributed by atoms with Gasteiger partial charge < -0.3 is 11.1 Å². The normalized spacial score (nSPS) is 18.5. The van der Waals surface area contributed by atoms with Crippen LogP contribution in [0.2, 0.25) is 0 Å². The Morgan fingerprint density at radius 2 is 2.09 bits per heavy atom. The second-order valence-corrected chi connectivity index (χ2v) is 7.69. The average Bonchev–Trinajstić information content (AvgIpc) is 2.45. The summed E-state index contributed by atoms with van der Waals surface area (Å²) >= 11 is 1.64. The highest BCUT2D eigenvalue weighted by Gasteiger charge is 2.34. The zero-order valence-corrected chi connectivity index (χ0v) is 16.4. The van der Waals surface area contributed by atoms with Gasteiger partial charge in [0.2, 0.25) is 0 Å². The van der Waals surface area contributed by atoms with Crippen molar-refractivity contribution in [1.82, 2.24) is 9.97 Å². The maximum Gasteiger partial charge on any atom is 0.156 e. The number of fused-ring (bicyclic) bond motifs is 2. The quantitative estimate of drug-likeness (QED) is 0.580. The Bertz CT molecular complexity index is 654. The van der Waals surface area contributed by atoms with Gasteiger partial charge in [0.1, 0.15) is 17.0 Å². The number of aromatic nitrogens is 2. The summed E-state index contributed by atoms with van der Waals surface area (Å²) in [5, 5.41) is 4.28. The minimum Gasteiger partial charge on any atom is -0.401 e. The van der Waals surface area contributed by atoms with Crippen molar-refractivity contribution in [3.05, 3.63) is 16.9 Å². The summed E-state index contributed by atoms with van der Waals surface area (Å²) in [6.45, 7) is 7.56. The van der Waals surface area contributed by atoms with E-state index in [-0.39, 0.29) is 22.4 Å². The molecule has 0 bridgehead atoms. The molecule has 23 heavy (non-hydrogen) atoms. The third-order valence-corrected chi connectivity index (χ3v) is 5.12. The van der Waals surface area contributed by atoms with Crippen LogP contribution in [0, 0.1) is 5.41 Å². The standard InChI is InChI=1S/C16H23N5S.BrH/c1-4-5-6-18-14-12-15(20-9-19-14)22-13-10(17)7-16(2,3)8-11(13)21-12;/h9H,4-8,17H2,1-3H3,(H,18,19,20);1H.